The van der Waals surface area contributed by atoms with Crippen molar-refractivity contribution in [1.82, 2.24) is 9.97 Å². The zero-order valence-electron chi connectivity index (χ0n) is 14.3. The maximum Gasteiger partial charge on any atom is 0.201 e. The molecule has 1 fully saturated rings. The SMILES string of the molecule is CN(C)c1ccc2nccc(Nc3ccc(C4OCCO4)nc3)c2c1. The fourth-order valence-electron chi connectivity index (χ4n) is 2.82. The van der Waals surface area contributed by atoms with Crippen molar-refractivity contribution >= 4 is 28.0 Å². The van der Waals surface area contributed by atoms with Crippen molar-refractivity contribution in [1.29, 1.82) is 0 Å². The zero-order valence-corrected chi connectivity index (χ0v) is 14.3. The van der Waals surface area contributed by atoms with Crippen LogP contribution >= 0.6 is 0 Å². The molecule has 1 aromatic carbocycles. The van der Waals surface area contributed by atoms with E-state index < -0.39 is 0 Å². The molecule has 128 valence electrons. The second-order valence-electron chi connectivity index (χ2n) is 6.12. The van der Waals surface area contributed by atoms with Crippen molar-refractivity contribution in [2.75, 3.05) is 37.5 Å². The van der Waals surface area contributed by atoms with Crippen LogP contribution in [-0.4, -0.2) is 37.3 Å². The lowest BCUT2D eigenvalue weighted by Crippen LogP contribution is -2.08. The molecule has 0 atom stereocenters. The zero-order chi connectivity index (χ0) is 17.2. The van der Waals surface area contributed by atoms with Crippen molar-refractivity contribution in [2.45, 2.75) is 6.29 Å². The van der Waals surface area contributed by atoms with Gasteiger partial charge in [-0.3, -0.25) is 9.97 Å². The van der Waals surface area contributed by atoms with Crippen LogP contribution in [0.1, 0.15) is 12.0 Å². The Morgan fingerprint density at radius 2 is 1.88 bits per heavy atom. The predicted octanol–water partition coefficient (Wildman–Crippen LogP) is 3.48. The molecule has 1 N–H and O–H groups in total. The molecule has 0 saturated carbocycles. The topological polar surface area (TPSA) is 59.5 Å². The van der Waals surface area contributed by atoms with Crippen LogP contribution in [0, 0.1) is 0 Å². The first kappa shape index (κ1) is 15.8. The third-order valence-corrected chi connectivity index (χ3v) is 4.17. The van der Waals surface area contributed by atoms with Crippen molar-refractivity contribution in [2.24, 2.45) is 0 Å². The molecule has 0 aliphatic carbocycles. The maximum absolute atomic E-state index is 5.47. The lowest BCUT2D eigenvalue weighted by Gasteiger charge is -2.15. The van der Waals surface area contributed by atoms with Gasteiger partial charge in [-0.15, -0.1) is 0 Å². The van der Waals surface area contributed by atoms with E-state index >= 15 is 0 Å². The smallest absolute Gasteiger partial charge is 0.201 e. The second-order valence-corrected chi connectivity index (χ2v) is 6.12. The van der Waals surface area contributed by atoms with E-state index in [4.69, 9.17) is 9.47 Å². The summed E-state index contributed by atoms with van der Waals surface area (Å²) in [6, 6.07) is 12.1. The number of aromatic nitrogens is 2. The van der Waals surface area contributed by atoms with E-state index in [1.807, 2.05) is 44.6 Å². The average molecular weight is 336 g/mol. The summed E-state index contributed by atoms with van der Waals surface area (Å²) < 4.78 is 10.9. The summed E-state index contributed by atoms with van der Waals surface area (Å²) in [5, 5.41) is 4.50. The molecule has 6 nitrogen and oxygen atoms in total. The minimum absolute atomic E-state index is 0.349. The van der Waals surface area contributed by atoms with Gasteiger partial charge in [-0.2, -0.15) is 0 Å². The number of anilines is 3. The first-order valence-electron chi connectivity index (χ1n) is 8.23. The Bertz CT molecular complexity index is 874. The number of pyridine rings is 2. The highest BCUT2D eigenvalue weighted by Gasteiger charge is 2.19. The molecule has 1 aliphatic rings. The standard InChI is InChI=1S/C19H20N4O2/c1-23(2)14-4-6-16-15(11-14)17(7-8-20-16)22-13-3-5-18(21-12-13)19-24-9-10-25-19/h3-8,11-12,19H,9-10H2,1-2H3,(H,20,22). The molecule has 6 heteroatoms. The molecule has 0 spiro atoms. The van der Waals surface area contributed by atoms with E-state index in [1.54, 1.807) is 6.20 Å². The van der Waals surface area contributed by atoms with Gasteiger partial charge in [0.05, 0.1) is 36.3 Å². The highest BCUT2D eigenvalue weighted by atomic mass is 16.7. The number of nitrogens with one attached hydrogen (secondary N) is 1. The Kier molecular flexibility index (Phi) is 4.21. The molecule has 0 amide bonds. The van der Waals surface area contributed by atoms with Gasteiger partial charge in [0, 0.05) is 37.1 Å². The minimum atomic E-state index is -0.349. The van der Waals surface area contributed by atoms with Crippen LogP contribution in [-0.2, 0) is 9.47 Å². The van der Waals surface area contributed by atoms with Gasteiger partial charge >= 0.3 is 0 Å². The number of rotatable bonds is 4. The average Bonchev–Trinajstić information content (AvgIpc) is 3.17. The van der Waals surface area contributed by atoms with Gasteiger partial charge in [0.2, 0.25) is 6.29 Å². The van der Waals surface area contributed by atoms with E-state index in [1.165, 1.54) is 0 Å². The Morgan fingerprint density at radius 3 is 2.60 bits per heavy atom. The van der Waals surface area contributed by atoms with Crippen LogP contribution in [0.3, 0.4) is 0 Å². The largest absolute Gasteiger partial charge is 0.378 e. The third-order valence-electron chi connectivity index (χ3n) is 4.17. The van der Waals surface area contributed by atoms with E-state index in [0.717, 1.165) is 33.7 Å². The number of hydrogen-bond donors (Lipinski definition) is 1. The normalized spacial score (nSPS) is 14.8. The van der Waals surface area contributed by atoms with Gasteiger partial charge in [0.25, 0.3) is 0 Å². The monoisotopic (exact) mass is 336 g/mol. The Hall–Kier alpha value is -2.70. The van der Waals surface area contributed by atoms with Gasteiger partial charge in [0.1, 0.15) is 0 Å². The summed E-state index contributed by atoms with van der Waals surface area (Å²) in [6.07, 6.45) is 3.25. The highest BCUT2D eigenvalue weighted by Crippen LogP contribution is 2.29. The third kappa shape index (κ3) is 3.26. The summed E-state index contributed by atoms with van der Waals surface area (Å²) in [6.45, 7) is 1.23. The number of hydrogen-bond acceptors (Lipinski definition) is 6. The van der Waals surface area contributed by atoms with Gasteiger partial charge in [0.15, 0.2) is 0 Å². The van der Waals surface area contributed by atoms with Crippen LogP contribution in [0.2, 0.25) is 0 Å². The minimum Gasteiger partial charge on any atom is -0.378 e. The van der Waals surface area contributed by atoms with Gasteiger partial charge in [-0.25, -0.2) is 0 Å². The van der Waals surface area contributed by atoms with Crippen LogP contribution in [0.4, 0.5) is 17.1 Å². The molecule has 3 aromatic rings. The summed E-state index contributed by atoms with van der Waals surface area (Å²) in [5.74, 6) is 0. The van der Waals surface area contributed by atoms with Gasteiger partial charge < -0.3 is 19.7 Å². The first-order chi connectivity index (χ1) is 12.2. The van der Waals surface area contributed by atoms with Crippen molar-refractivity contribution in [3.8, 4) is 0 Å². The Labute approximate surface area is 146 Å². The molecule has 0 unspecified atom stereocenters. The fraction of sp³-hybridized carbons (Fsp3) is 0.263. The second kappa shape index (κ2) is 6.66. The molecular weight excluding hydrogens is 316 g/mol. The Morgan fingerprint density at radius 1 is 1.04 bits per heavy atom. The summed E-state index contributed by atoms with van der Waals surface area (Å²) in [5.41, 5.74) is 4.78. The summed E-state index contributed by atoms with van der Waals surface area (Å²) >= 11 is 0. The maximum atomic E-state index is 5.47. The number of fused-ring (bicyclic) bond motifs is 1. The first-order valence-corrected chi connectivity index (χ1v) is 8.23. The summed E-state index contributed by atoms with van der Waals surface area (Å²) in [7, 11) is 4.06. The van der Waals surface area contributed by atoms with Crippen molar-refractivity contribution < 1.29 is 9.47 Å². The van der Waals surface area contributed by atoms with Gasteiger partial charge in [-0.1, -0.05) is 0 Å². The van der Waals surface area contributed by atoms with Crippen molar-refractivity contribution in [3.05, 3.63) is 54.5 Å². The van der Waals surface area contributed by atoms with Crippen molar-refractivity contribution in [3.63, 3.8) is 0 Å². The molecule has 25 heavy (non-hydrogen) atoms. The lowest BCUT2D eigenvalue weighted by molar-refractivity contribution is -0.0472. The molecule has 0 radical (unpaired) electrons. The molecule has 2 aromatic heterocycles. The van der Waals surface area contributed by atoms with Crippen LogP contribution in [0.15, 0.2) is 48.8 Å². The molecule has 4 rings (SSSR count). The Balaban J connectivity index is 1.62. The van der Waals surface area contributed by atoms with E-state index in [2.05, 4.69) is 32.3 Å². The lowest BCUT2D eigenvalue weighted by atomic mass is 10.1. The highest BCUT2D eigenvalue weighted by molar-refractivity contribution is 5.94. The van der Waals surface area contributed by atoms with Crippen LogP contribution < -0.4 is 10.2 Å². The quantitative estimate of drug-likeness (QED) is 0.787. The number of ether oxygens (including phenoxy) is 2. The van der Waals surface area contributed by atoms with Gasteiger partial charge in [-0.05, 0) is 36.4 Å². The van der Waals surface area contributed by atoms with E-state index in [0.29, 0.717) is 13.2 Å². The number of benzene rings is 1. The molecule has 1 aliphatic heterocycles. The fourth-order valence-corrected chi connectivity index (χ4v) is 2.82. The molecule has 1 saturated heterocycles. The summed E-state index contributed by atoms with van der Waals surface area (Å²) in [4.78, 5) is 11.0. The van der Waals surface area contributed by atoms with Crippen LogP contribution in [0.5, 0.6) is 0 Å². The predicted molar refractivity (Wildman–Crippen MR) is 98.2 cm³/mol. The molecule has 3 heterocycles. The number of nitrogens with zero attached hydrogens (tertiary/aromatic N) is 3. The van der Waals surface area contributed by atoms with E-state index in [9.17, 15) is 0 Å². The van der Waals surface area contributed by atoms with Crippen LogP contribution in [0.25, 0.3) is 10.9 Å². The molecule has 0 bridgehead atoms. The van der Waals surface area contributed by atoms with E-state index in [-0.39, 0.29) is 6.29 Å². The molecular formula is C19H20N4O2.